The van der Waals surface area contributed by atoms with Crippen LogP contribution < -0.4 is 5.32 Å². The van der Waals surface area contributed by atoms with Crippen LogP contribution >= 0.6 is 0 Å². The van der Waals surface area contributed by atoms with Crippen molar-refractivity contribution in [2.24, 2.45) is 0 Å². The van der Waals surface area contributed by atoms with E-state index in [4.69, 9.17) is 10.4 Å². The van der Waals surface area contributed by atoms with Crippen molar-refractivity contribution in [3.8, 4) is 6.07 Å². The third-order valence-electron chi connectivity index (χ3n) is 6.76. The van der Waals surface area contributed by atoms with E-state index < -0.39 is 27.9 Å². The number of benzene rings is 2. The van der Waals surface area contributed by atoms with Crippen LogP contribution in [0.3, 0.4) is 0 Å². The Labute approximate surface area is 214 Å². The molecule has 2 aliphatic rings. The van der Waals surface area contributed by atoms with Crippen LogP contribution in [0.1, 0.15) is 32.7 Å². The summed E-state index contributed by atoms with van der Waals surface area (Å²) in [5.41, 5.74) is 1.26. The molecule has 0 bridgehead atoms. The molecular weight excluding hydrogens is 498 g/mol. The third kappa shape index (κ3) is 5.96. The molecule has 0 aliphatic carbocycles. The van der Waals surface area contributed by atoms with Crippen LogP contribution in [0.25, 0.3) is 0 Å². The fourth-order valence-electron chi connectivity index (χ4n) is 4.73. The molecule has 0 aromatic heterocycles. The van der Waals surface area contributed by atoms with Gasteiger partial charge in [0.25, 0.3) is 5.91 Å². The minimum absolute atomic E-state index is 0.0878. The molecule has 2 aromatic rings. The molecule has 2 atom stereocenters. The number of hydrogen-bond acceptors (Lipinski definition) is 7. The number of anilines is 1. The van der Waals surface area contributed by atoms with Gasteiger partial charge in [-0.25, -0.2) is 13.2 Å². The highest BCUT2D eigenvalue weighted by molar-refractivity contribution is 7.88. The summed E-state index contributed by atoms with van der Waals surface area (Å²) >= 11 is 0. The van der Waals surface area contributed by atoms with Crippen molar-refractivity contribution in [1.29, 1.82) is 5.26 Å². The van der Waals surface area contributed by atoms with Crippen molar-refractivity contribution in [2.75, 3.05) is 44.3 Å². The molecule has 2 heterocycles. The van der Waals surface area contributed by atoms with Crippen molar-refractivity contribution in [2.45, 2.75) is 18.5 Å². The molecule has 2 aliphatic heterocycles. The molecule has 2 N–H and O–H groups in total. The fourth-order valence-corrected chi connectivity index (χ4v) is 5.55. The standard InChI is InChI=1S/C25H27N5O6S/c1-37(35,36)29-12-10-28(11-13-29)21-14-22(23(31)27-20-8-6-19(7-9-20)25(33)34)30(16-21)24(32)18-4-2-17(15-26)3-5-18/h2-9,21-22H,10-14,16H2,1H3,(H,27,31)(H,33,34). The Morgan fingerprint density at radius 2 is 1.57 bits per heavy atom. The highest BCUT2D eigenvalue weighted by Gasteiger charge is 2.43. The summed E-state index contributed by atoms with van der Waals surface area (Å²) in [6.07, 6.45) is 1.54. The second-order valence-electron chi connectivity index (χ2n) is 9.12. The molecule has 12 heteroatoms. The second kappa shape index (κ2) is 10.7. The number of carboxylic acid groups (broad SMARTS) is 1. The first-order valence-corrected chi connectivity index (χ1v) is 13.6. The molecule has 2 amide bonds. The van der Waals surface area contributed by atoms with Gasteiger partial charge in [-0.1, -0.05) is 0 Å². The Morgan fingerprint density at radius 3 is 2.11 bits per heavy atom. The summed E-state index contributed by atoms with van der Waals surface area (Å²) in [7, 11) is -3.29. The van der Waals surface area contributed by atoms with E-state index in [0.29, 0.717) is 49.4 Å². The number of carboxylic acids is 1. The second-order valence-corrected chi connectivity index (χ2v) is 11.1. The van der Waals surface area contributed by atoms with Crippen LogP contribution in [-0.4, -0.2) is 96.5 Å². The third-order valence-corrected chi connectivity index (χ3v) is 8.06. The quantitative estimate of drug-likeness (QED) is 0.568. The lowest BCUT2D eigenvalue weighted by molar-refractivity contribution is -0.119. The highest BCUT2D eigenvalue weighted by atomic mass is 32.2. The molecule has 2 fully saturated rings. The molecule has 2 unspecified atom stereocenters. The lowest BCUT2D eigenvalue weighted by Crippen LogP contribution is -2.52. The van der Waals surface area contributed by atoms with Crippen molar-refractivity contribution in [1.82, 2.24) is 14.1 Å². The van der Waals surface area contributed by atoms with Gasteiger partial charge in [0.15, 0.2) is 0 Å². The maximum atomic E-state index is 13.4. The average Bonchev–Trinajstić information content (AvgIpc) is 3.34. The molecule has 0 spiro atoms. The largest absolute Gasteiger partial charge is 0.478 e. The Morgan fingerprint density at radius 1 is 0.973 bits per heavy atom. The lowest BCUT2D eigenvalue weighted by Gasteiger charge is -2.36. The van der Waals surface area contributed by atoms with Gasteiger partial charge in [-0.2, -0.15) is 9.57 Å². The maximum Gasteiger partial charge on any atom is 0.335 e. The summed E-state index contributed by atoms with van der Waals surface area (Å²) in [6, 6.07) is 13.0. The van der Waals surface area contributed by atoms with Gasteiger partial charge >= 0.3 is 5.97 Å². The van der Waals surface area contributed by atoms with E-state index in [1.807, 2.05) is 6.07 Å². The number of carbonyl (C=O) groups is 3. The molecule has 37 heavy (non-hydrogen) atoms. The predicted octanol–water partition coefficient (Wildman–Crippen LogP) is 1.06. The normalized spacial score (nSPS) is 20.8. The Kier molecular flexibility index (Phi) is 7.58. The number of carbonyl (C=O) groups excluding carboxylic acids is 2. The fraction of sp³-hybridized carbons (Fsp3) is 0.360. The van der Waals surface area contributed by atoms with Gasteiger partial charge in [0.2, 0.25) is 15.9 Å². The predicted molar refractivity (Wildman–Crippen MR) is 134 cm³/mol. The lowest BCUT2D eigenvalue weighted by atomic mass is 10.1. The summed E-state index contributed by atoms with van der Waals surface area (Å²) in [5, 5.41) is 20.9. The molecule has 2 aromatic carbocycles. The van der Waals surface area contributed by atoms with E-state index in [-0.39, 0.29) is 24.1 Å². The zero-order valence-electron chi connectivity index (χ0n) is 20.2. The molecule has 194 valence electrons. The van der Waals surface area contributed by atoms with E-state index in [2.05, 4.69) is 10.2 Å². The molecule has 0 saturated carbocycles. The highest BCUT2D eigenvalue weighted by Crippen LogP contribution is 2.27. The van der Waals surface area contributed by atoms with Crippen LogP contribution in [0.4, 0.5) is 5.69 Å². The van der Waals surface area contributed by atoms with Crippen LogP contribution in [0.5, 0.6) is 0 Å². The molecule has 4 rings (SSSR count). The Bertz CT molecular complexity index is 1330. The number of sulfonamides is 1. The zero-order valence-corrected chi connectivity index (χ0v) is 21.0. The summed E-state index contributed by atoms with van der Waals surface area (Å²) in [6.45, 7) is 1.94. The average molecular weight is 526 g/mol. The number of piperazine rings is 1. The van der Waals surface area contributed by atoms with Crippen molar-refractivity contribution >= 4 is 33.5 Å². The molecule has 0 radical (unpaired) electrons. The number of amides is 2. The first kappa shape index (κ1) is 26.3. The summed E-state index contributed by atoms with van der Waals surface area (Å²) in [5.74, 6) is -1.82. The van der Waals surface area contributed by atoms with Gasteiger partial charge in [-0.15, -0.1) is 0 Å². The SMILES string of the molecule is CS(=O)(=O)N1CCN(C2CC(C(=O)Nc3ccc(C(=O)O)cc3)N(C(=O)c3ccc(C#N)cc3)C2)CC1. The van der Waals surface area contributed by atoms with Gasteiger partial charge in [-0.05, 0) is 55.0 Å². The number of nitrogens with zero attached hydrogens (tertiary/aromatic N) is 4. The van der Waals surface area contributed by atoms with Gasteiger partial charge in [-0.3, -0.25) is 14.5 Å². The van der Waals surface area contributed by atoms with Crippen molar-refractivity contribution < 1.29 is 27.9 Å². The smallest absolute Gasteiger partial charge is 0.335 e. The monoisotopic (exact) mass is 525 g/mol. The van der Waals surface area contributed by atoms with Gasteiger partial charge < -0.3 is 15.3 Å². The summed E-state index contributed by atoms with van der Waals surface area (Å²) < 4.78 is 25.2. The molecule has 11 nitrogen and oxygen atoms in total. The zero-order chi connectivity index (χ0) is 26.7. The van der Waals surface area contributed by atoms with Gasteiger partial charge in [0.1, 0.15) is 6.04 Å². The number of nitrogens with one attached hydrogen (secondary N) is 1. The maximum absolute atomic E-state index is 13.4. The van der Waals surface area contributed by atoms with Crippen LogP contribution in [0, 0.1) is 11.3 Å². The van der Waals surface area contributed by atoms with Crippen molar-refractivity contribution in [3.05, 3.63) is 65.2 Å². The van der Waals surface area contributed by atoms with E-state index in [9.17, 15) is 22.8 Å². The topological polar surface area (TPSA) is 151 Å². The number of rotatable bonds is 6. The van der Waals surface area contributed by atoms with Gasteiger partial charge in [0, 0.05) is 50.0 Å². The number of nitriles is 1. The van der Waals surface area contributed by atoms with E-state index in [0.717, 1.165) is 0 Å². The molecular formula is C25H27N5O6S. The van der Waals surface area contributed by atoms with E-state index >= 15 is 0 Å². The van der Waals surface area contributed by atoms with E-state index in [1.54, 1.807) is 24.3 Å². The first-order valence-electron chi connectivity index (χ1n) is 11.7. The van der Waals surface area contributed by atoms with Crippen molar-refractivity contribution in [3.63, 3.8) is 0 Å². The number of likely N-dealkylation sites (tertiary alicyclic amines) is 1. The van der Waals surface area contributed by atoms with Crippen LogP contribution in [-0.2, 0) is 14.8 Å². The van der Waals surface area contributed by atoms with Crippen LogP contribution in [0.15, 0.2) is 48.5 Å². The first-order chi connectivity index (χ1) is 17.6. The minimum Gasteiger partial charge on any atom is -0.478 e. The Hall–Kier alpha value is -3.79. The van der Waals surface area contributed by atoms with E-state index in [1.165, 1.54) is 39.7 Å². The summed E-state index contributed by atoms with van der Waals surface area (Å²) in [4.78, 5) is 41.5. The van der Waals surface area contributed by atoms with Gasteiger partial charge in [0.05, 0.1) is 23.5 Å². The minimum atomic E-state index is -3.29. The molecule has 2 saturated heterocycles. The number of hydrogen-bond donors (Lipinski definition) is 2. The Balaban J connectivity index is 1.53. The van der Waals surface area contributed by atoms with Crippen LogP contribution in [0.2, 0.25) is 0 Å². The number of aromatic carboxylic acids is 1.